The van der Waals surface area contributed by atoms with E-state index in [1.54, 1.807) is 38.4 Å². The predicted octanol–water partition coefficient (Wildman–Crippen LogP) is 3.85. The number of fused-ring (bicyclic) bond motifs is 1. The number of benzene rings is 2. The predicted molar refractivity (Wildman–Crippen MR) is 104 cm³/mol. The van der Waals surface area contributed by atoms with Crippen molar-refractivity contribution >= 4 is 29.0 Å². The van der Waals surface area contributed by atoms with E-state index in [-0.39, 0.29) is 5.91 Å². The zero-order chi connectivity index (χ0) is 19.4. The van der Waals surface area contributed by atoms with Gasteiger partial charge in [-0.05, 0) is 29.8 Å². The first-order valence-electron chi connectivity index (χ1n) is 8.40. The Balaban J connectivity index is 1.94. The molecule has 3 aromatic rings. The zero-order valence-electron chi connectivity index (χ0n) is 15.1. The lowest BCUT2D eigenvalue weighted by Gasteiger charge is -2.07. The fourth-order valence-corrected chi connectivity index (χ4v) is 2.67. The van der Waals surface area contributed by atoms with E-state index in [0.29, 0.717) is 28.8 Å². The van der Waals surface area contributed by atoms with Gasteiger partial charge in [-0.3, -0.25) is 9.36 Å². The fraction of sp³-hybridized carbons (Fsp3) is 0.143. The molecule has 2 aromatic carbocycles. The van der Waals surface area contributed by atoms with Gasteiger partial charge in [-0.2, -0.15) is 0 Å². The van der Waals surface area contributed by atoms with Crippen LogP contribution < -0.4 is 4.74 Å². The second-order valence-electron chi connectivity index (χ2n) is 6.26. The molecule has 0 aliphatic carbocycles. The summed E-state index contributed by atoms with van der Waals surface area (Å²) in [6.07, 6.45) is 3.44. The van der Waals surface area contributed by atoms with Crippen LogP contribution in [-0.2, 0) is 11.4 Å². The standard InChI is InChI=1S/C21H20N2O4/c1-22(2)20(24)11-8-16-13-23(21(25)26)19-10-9-17(12-18(16)19)27-14-15-6-4-3-5-7-15/h3-13H,14H2,1-2H3,(H,25,26). The van der Waals surface area contributed by atoms with E-state index >= 15 is 0 Å². The first-order valence-corrected chi connectivity index (χ1v) is 8.40. The SMILES string of the molecule is CN(C)C(=O)C=Cc1cn(C(=O)O)c2ccc(OCc3ccccc3)cc12. The second kappa shape index (κ2) is 7.78. The van der Waals surface area contributed by atoms with Crippen molar-refractivity contribution in [1.29, 1.82) is 0 Å². The maximum absolute atomic E-state index is 11.8. The van der Waals surface area contributed by atoms with E-state index in [0.717, 1.165) is 10.1 Å². The van der Waals surface area contributed by atoms with E-state index in [9.17, 15) is 14.7 Å². The quantitative estimate of drug-likeness (QED) is 0.698. The highest BCUT2D eigenvalue weighted by Crippen LogP contribution is 2.27. The Morgan fingerprint density at radius 1 is 1.15 bits per heavy atom. The molecule has 0 aliphatic rings. The number of ether oxygens (including phenoxy) is 1. The molecule has 0 spiro atoms. The van der Waals surface area contributed by atoms with Gasteiger partial charge in [0, 0.05) is 37.3 Å². The molecule has 1 amide bonds. The molecule has 6 nitrogen and oxygen atoms in total. The van der Waals surface area contributed by atoms with Crippen LogP contribution in [0.5, 0.6) is 5.75 Å². The van der Waals surface area contributed by atoms with E-state index in [1.165, 1.54) is 17.2 Å². The van der Waals surface area contributed by atoms with Gasteiger partial charge in [0.2, 0.25) is 5.91 Å². The van der Waals surface area contributed by atoms with Crippen molar-refractivity contribution in [3.63, 3.8) is 0 Å². The Morgan fingerprint density at radius 3 is 2.56 bits per heavy atom. The Bertz CT molecular complexity index is 1000. The van der Waals surface area contributed by atoms with Crippen molar-refractivity contribution < 1.29 is 19.4 Å². The molecule has 1 N–H and O–H groups in total. The van der Waals surface area contributed by atoms with E-state index in [2.05, 4.69) is 0 Å². The van der Waals surface area contributed by atoms with Gasteiger partial charge in [0.05, 0.1) is 5.52 Å². The maximum atomic E-state index is 11.8. The van der Waals surface area contributed by atoms with Gasteiger partial charge in [-0.25, -0.2) is 4.79 Å². The van der Waals surface area contributed by atoms with Gasteiger partial charge < -0.3 is 14.7 Å². The van der Waals surface area contributed by atoms with Crippen LogP contribution in [0.15, 0.2) is 60.8 Å². The number of likely N-dealkylation sites (N-methyl/N-ethyl adjacent to an activating group) is 1. The molecule has 0 unspecified atom stereocenters. The number of hydrogen-bond acceptors (Lipinski definition) is 3. The topological polar surface area (TPSA) is 71.8 Å². The molecule has 138 valence electrons. The van der Waals surface area contributed by atoms with Crippen molar-refractivity contribution in [2.45, 2.75) is 6.61 Å². The molecule has 0 bridgehead atoms. The molecule has 0 saturated heterocycles. The molecule has 27 heavy (non-hydrogen) atoms. The van der Waals surface area contributed by atoms with Gasteiger partial charge in [0.25, 0.3) is 0 Å². The monoisotopic (exact) mass is 364 g/mol. The third kappa shape index (κ3) is 4.17. The minimum Gasteiger partial charge on any atom is -0.489 e. The van der Waals surface area contributed by atoms with Gasteiger partial charge in [-0.15, -0.1) is 0 Å². The summed E-state index contributed by atoms with van der Waals surface area (Å²) in [5.74, 6) is 0.450. The Hall–Kier alpha value is -3.54. The molecule has 1 aromatic heterocycles. The average Bonchev–Trinajstić information content (AvgIpc) is 3.03. The van der Waals surface area contributed by atoms with Crippen molar-refractivity contribution in [1.82, 2.24) is 9.47 Å². The lowest BCUT2D eigenvalue weighted by molar-refractivity contribution is -0.123. The van der Waals surface area contributed by atoms with Crippen LogP contribution in [-0.4, -0.2) is 40.7 Å². The number of amides is 1. The summed E-state index contributed by atoms with van der Waals surface area (Å²) in [6, 6.07) is 15.0. The van der Waals surface area contributed by atoms with E-state index in [4.69, 9.17) is 4.74 Å². The molecular weight excluding hydrogens is 344 g/mol. The largest absolute Gasteiger partial charge is 0.489 e. The van der Waals surface area contributed by atoms with Crippen LogP contribution in [0.25, 0.3) is 17.0 Å². The molecule has 0 aliphatic heterocycles. The number of nitrogens with zero attached hydrogens (tertiary/aromatic N) is 2. The smallest absolute Gasteiger partial charge is 0.416 e. The average molecular weight is 364 g/mol. The highest BCUT2D eigenvalue weighted by molar-refractivity contribution is 5.99. The minimum atomic E-state index is -1.09. The fourth-order valence-electron chi connectivity index (χ4n) is 2.67. The van der Waals surface area contributed by atoms with Crippen molar-refractivity contribution in [2.24, 2.45) is 0 Å². The molecule has 0 fully saturated rings. The summed E-state index contributed by atoms with van der Waals surface area (Å²) in [4.78, 5) is 24.8. The van der Waals surface area contributed by atoms with Crippen LogP contribution in [0.1, 0.15) is 11.1 Å². The number of aromatic nitrogens is 1. The Kier molecular flexibility index (Phi) is 5.26. The third-order valence-corrected chi connectivity index (χ3v) is 4.11. The zero-order valence-corrected chi connectivity index (χ0v) is 15.1. The van der Waals surface area contributed by atoms with Crippen molar-refractivity contribution in [3.8, 4) is 5.75 Å². The molecule has 1 heterocycles. The first-order chi connectivity index (χ1) is 13.0. The normalized spacial score (nSPS) is 11.0. The summed E-state index contributed by atoms with van der Waals surface area (Å²) in [5.41, 5.74) is 2.21. The molecule has 0 saturated carbocycles. The summed E-state index contributed by atoms with van der Waals surface area (Å²) < 4.78 is 6.97. The summed E-state index contributed by atoms with van der Waals surface area (Å²) >= 11 is 0. The van der Waals surface area contributed by atoms with Crippen molar-refractivity contribution in [3.05, 3.63) is 71.9 Å². The highest BCUT2D eigenvalue weighted by Gasteiger charge is 2.13. The van der Waals surface area contributed by atoms with Crippen LogP contribution in [0.4, 0.5) is 4.79 Å². The molecule has 0 atom stereocenters. The number of carbonyl (C=O) groups is 2. The number of carbonyl (C=O) groups excluding carboxylic acids is 1. The number of carboxylic acid groups (broad SMARTS) is 1. The summed E-state index contributed by atoms with van der Waals surface area (Å²) in [5, 5.41) is 10.1. The molecule has 3 rings (SSSR count). The van der Waals surface area contributed by atoms with Gasteiger partial charge in [-0.1, -0.05) is 30.3 Å². The summed E-state index contributed by atoms with van der Waals surface area (Å²) in [7, 11) is 3.31. The van der Waals surface area contributed by atoms with Gasteiger partial charge in [0.1, 0.15) is 12.4 Å². The Morgan fingerprint density at radius 2 is 1.89 bits per heavy atom. The molecular formula is C21H20N2O4. The van der Waals surface area contributed by atoms with Gasteiger partial charge in [0.15, 0.2) is 0 Å². The van der Waals surface area contributed by atoms with E-state index < -0.39 is 6.09 Å². The molecule has 6 heteroatoms. The highest BCUT2D eigenvalue weighted by atomic mass is 16.5. The van der Waals surface area contributed by atoms with Crippen LogP contribution in [0.2, 0.25) is 0 Å². The minimum absolute atomic E-state index is 0.178. The number of hydrogen-bond donors (Lipinski definition) is 1. The van der Waals surface area contributed by atoms with Crippen LogP contribution in [0, 0.1) is 0 Å². The second-order valence-corrected chi connectivity index (χ2v) is 6.26. The van der Waals surface area contributed by atoms with Crippen LogP contribution >= 0.6 is 0 Å². The third-order valence-electron chi connectivity index (χ3n) is 4.11. The Labute approximate surface area is 156 Å². The maximum Gasteiger partial charge on any atom is 0.416 e. The van der Waals surface area contributed by atoms with Crippen molar-refractivity contribution in [2.75, 3.05) is 14.1 Å². The van der Waals surface area contributed by atoms with Gasteiger partial charge >= 0.3 is 6.09 Å². The van der Waals surface area contributed by atoms with Crippen LogP contribution in [0.3, 0.4) is 0 Å². The van der Waals surface area contributed by atoms with E-state index in [1.807, 2.05) is 30.3 Å². The number of rotatable bonds is 5. The lowest BCUT2D eigenvalue weighted by Crippen LogP contribution is -2.18. The summed E-state index contributed by atoms with van der Waals surface area (Å²) in [6.45, 7) is 0.413. The lowest BCUT2D eigenvalue weighted by atomic mass is 10.1. The molecule has 0 radical (unpaired) electrons. The first kappa shape index (κ1) is 18.3.